The SMILES string of the molecule is CC(C)(C)NC(=O)N/C(N)=N/C1([N+](=O)[O-])C=CC=CC1. The Hall–Kier alpha value is -2.38. The molecule has 1 unspecified atom stereocenters. The van der Waals surface area contributed by atoms with Gasteiger partial charge in [-0.05, 0) is 20.8 Å². The number of amides is 2. The molecule has 1 rings (SSSR count). The van der Waals surface area contributed by atoms with Gasteiger partial charge in [-0.2, -0.15) is 4.99 Å². The number of aliphatic imine (C=N–C) groups is 1. The summed E-state index contributed by atoms with van der Waals surface area (Å²) in [6.07, 6.45) is 6.25. The average molecular weight is 281 g/mol. The zero-order valence-electron chi connectivity index (χ0n) is 11.7. The topological polar surface area (TPSA) is 123 Å². The highest BCUT2D eigenvalue weighted by Gasteiger charge is 2.40. The molecule has 110 valence electrons. The van der Waals surface area contributed by atoms with Crippen molar-refractivity contribution < 1.29 is 9.72 Å². The fourth-order valence-corrected chi connectivity index (χ4v) is 1.58. The van der Waals surface area contributed by atoms with Crippen molar-refractivity contribution >= 4 is 12.0 Å². The summed E-state index contributed by atoms with van der Waals surface area (Å²) in [6, 6.07) is -0.562. The van der Waals surface area contributed by atoms with Crippen LogP contribution in [0, 0.1) is 10.1 Å². The van der Waals surface area contributed by atoms with Gasteiger partial charge in [0.05, 0.1) is 11.3 Å². The van der Waals surface area contributed by atoms with E-state index >= 15 is 0 Å². The third-order valence-electron chi connectivity index (χ3n) is 2.39. The summed E-state index contributed by atoms with van der Waals surface area (Å²) in [7, 11) is 0. The second kappa shape index (κ2) is 5.72. The molecule has 0 aromatic rings. The van der Waals surface area contributed by atoms with E-state index in [0.717, 1.165) is 0 Å². The molecule has 0 aliphatic heterocycles. The smallest absolute Gasteiger partial charge is 0.338 e. The van der Waals surface area contributed by atoms with Crippen molar-refractivity contribution in [3.05, 3.63) is 34.4 Å². The fourth-order valence-electron chi connectivity index (χ4n) is 1.58. The molecule has 0 fully saturated rings. The van der Waals surface area contributed by atoms with Crippen molar-refractivity contribution in [1.82, 2.24) is 10.6 Å². The van der Waals surface area contributed by atoms with Crippen molar-refractivity contribution in [2.75, 3.05) is 0 Å². The van der Waals surface area contributed by atoms with E-state index in [1.165, 1.54) is 12.2 Å². The van der Waals surface area contributed by atoms with Crippen LogP contribution in [0.25, 0.3) is 0 Å². The minimum atomic E-state index is -1.66. The lowest BCUT2D eigenvalue weighted by molar-refractivity contribution is -0.552. The van der Waals surface area contributed by atoms with E-state index in [1.807, 2.05) is 0 Å². The second-order valence-electron chi connectivity index (χ2n) is 5.45. The standard InChI is InChI=1S/C12H19N5O3/c1-11(2,3)16-10(18)14-9(13)15-12(17(19)20)7-5-4-6-8-12/h4-7H,8H2,1-3H3,(H4,13,14,15,16,18). The monoisotopic (exact) mass is 281 g/mol. The number of carbonyl (C=O) groups is 1. The van der Waals surface area contributed by atoms with Crippen molar-refractivity contribution in [3.8, 4) is 0 Å². The van der Waals surface area contributed by atoms with Gasteiger partial charge in [0.15, 0.2) is 0 Å². The number of hydrogen-bond acceptors (Lipinski definition) is 4. The maximum absolute atomic E-state index is 11.6. The van der Waals surface area contributed by atoms with Gasteiger partial charge < -0.3 is 11.1 Å². The molecule has 8 heteroatoms. The summed E-state index contributed by atoms with van der Waals surface area (Å²) < 4.78 is 0. The minimum absolute atomic E-state index is 0.0831. The number of guanidine groups is 1. The Kier molecular flexibility index (Phi) is 4.49. The Morgan fingerprint density at radius 2 is 2.10 bits per heavy atom. The first-order valence-corrected chi connectivity index (χ1v) is 6.08. The van der Waals surface area contributed by atoms with Crippen LogP contribution in [0.3, 0.4) is 0 Å². The van der Waals surface area contributed by atoms with E-state index in [4.69, 9.17) is 5.73 Å². The van der Waals surface area contributed by atoms with Gasteiger partial charge in [-0.1, -0.05) is 18.2 Å². The molecular formula is C12H19N5O3. The molecular weight excluding hydrogens is 262 g/mol. The molecule has 0 aromatic heterocycles. The lowest BCUT2D eigenvalue weighted by Gasteiger charge is -2.21. The molecule has 0 aromatic carbocycles. The van der Waals surface area contributed by atoms with E-state index in [-0.39, 0.29) is 12.4 Å². The van der Waals surface area contributed by atoms with Crippen LogP contribution in [-0.2, 0) is 0 Å². The van der Waals surface area contributed by atoms with Gasteiger partial charge in [0.25, 0.3) is 0 Å². The van der Waals surface area contributed by atoms with Gasteiger partial charge in [-0.25, -0.2) is 4.79 Å². The summed E-state index contributed by atoms with van der Waals surface area (Å²) in [5, 5.41) is 16.1. The van der Waals surface area contributed by atoms with Crippen LogP contribution in [-0.4, -0.2) is 28.1 Å². The van der Waals surface area contributed by atoms with Crippen LogP contribution in [0.15, 0.2) is 29.3 Å². The van der Waals surface area contributed by atoms with Crippen LogP contribution in [0.4, 0.5) is 4.79 Å². The summed E-state index contributed by atoms with van der Waals surface area (Å²) >= 11 is 0. The number of nitrogens with one attached hydrogen (secondary N) is 2. The Morgan fingerprint density at radius 1 is 1.45 bits per heavy atom. The zero-order valence-corrected chi connectivity index (χ0v) is 11.7. The normalized spacial score (nSPS) is 22.4. The molecule has 0 heterocycles. The van der Waals surface area contributed by atoms with E-state index in [1.54, 1.807) is 32.9 Å². The lowest BCUT2D eigenvalue weighted by Crippen LogP contribution is -2.51. The molecule has 0 spiro atoms. The summed E-state index contributed by atoms with van der Waals surface area (Å²) in [5.41, 5.74) is 3.46. The number of nitrogens with two attached hydrogens (primary N) is 1. The van der Waals surface area contributed by atoms with Crippen LogP contribution in [0.2, 0.25) is 0 Å². The summed E-state index contributed by atoms with van der Waals surface area (Å²) in [4.78, 5) is 26.0. The Balaban J connectivity index is 2.81. The molecule has 0 radical (unpaired) electrons. The van der Waals surface area contributed by atoms with Gasteiger partial charge in [0, 0.05) is 11.6 Å². The predicted octanol–water partition coefficient (Wildman–Crippen LogP) is 0.888. The maximum atomic E-state index is 11.6. The van der Waals surface area contributed by atoms with Crippen molar-refractivity contribution in [2.24, 2.45) is 10.7 Å². The largest absolute Gasteiger partial charge is 0.369 e. The number of urea groups is 1. The van der Waals surface area contributed by atoms with Gasteiger partial charge >= 0.3 is 11.7 Å². The first kappa shape index (κ1) is 15.7. The van der Waals surface area contributed by atoms with E-state index in [9.17, 15) is 14.9 Å². The van der Waals surface area contributed by atoms with E-state index < -0.39 is 22.2 Å². The molecule has 0 bridgehead atoms. The van der Waals surface area contributed by atoms with Gasteiger partial charge in [-0.3, -0.25) is 15.4 Å². The van der Waals surface area contributed by atoms with Gasteiger partial charge in [-0.15, -0.1) is 0 Å². The highest BCUT2D eigenvalue weighted by Crippen LogP contribution is 2.22. The van der Waals surface area contributed by atoms with E-state index in [2.05, 4.69) is 15.6 Å². The number of carbonyl (C=O) groups excluding carboxylic acids is 1. The first-order valence-electron chi connectivity index (χ1n) is 6.08. The Labute approximate surface area is 117 Å². The lowest BCUT2D eigenvalue weighted by atomic mass is 10.0. The highest BCUT2D eigenvalue weighted by molar-refractivity contribution is 5.95. The van der Waals surface area contributed by atoms with Crippen molar-refractivity contribution in [2.45, 2.75) is 38.4 Å². The highest BCUT2D eigenvalue weighted by atomic mass is 16.6. The Morgan fingerprint density at radius 3 is 2.55 bits per heavy atom. The number of allylic oxidation sites excluding steroid dienone is 2. The summed E-state index contributed by atoms with van der Waals surface area (Å²) in [5.74, 6) is -0.302. The van der Waals surface area contributed by atoms with Crippen LogP contribution >= 0.6 is 0 Å². The number of nitrogens with zero attached hydrogens (tertiary/aromatic N) is 2. The molecule has 8 nitrogen and oxygen atoms in total. The first-order chi connectivity index (χ1) is 9.15. The van der Waals surface area contributed by atoms with Gasteiger partial charge in [0.2, 0.25) is 5.96 Å². The van der Waals surface area contributed by atoms with Crippen LogP contribution in [0.5, 0.6) is 0 Å². The third-order valence-corrected chi connectivity index (χ3v) is 2.39. The number of nitro groups is 1. The molecule has 20 heavy (non-hydrogen) atoms. The molecule has 4 N–H and O–H groups in total. The quantitative estimate of drug-likeness (QED) is 0.301. The molecule has 0 saturated heterocycles. The summed E-state index contributed by atoms with van der Waals surface area (Å²) in [6.45, 7) is 5.40. The maximum Gasteiger partial charge on any atom is 0.338 e. The number of hydrogen-bond donors (Lipinski definition) is 3. The van der Waals surface area contributed by atoms with Crippen LogP contribution in [0.1, 0.15) is 27.2 Å². The minimum Gasteiger partial charge on any atom is -0.369 e. The fraction of sp³-hybridized carbons (Fsp3) is 0.500. The van der Waals surface area contributed by atoms with Crippen molar-refractivity contribution in [3.63, 3.8) is 0 Å². The van der Waals surface area contributed by atoms with Gasteiger partial charge in [0.1, 0.15) is 0 Å². The molecule has 1 aliphatic rings. The Bertz CT molecular complexity index is 490. The molecule has 2 amide bonds. The second-order valence-corrected chi connectivity index (χ2v) is 5.45. The van der Waals surface area contributed by atoms with Crippen molar-refractivity contribution in [1.29, 1.82) is 0 Å². The zero-order chi connectivity index (χ0) is 15.4. The molecule has 0 saturated carbocycles. The van der Waals surface area contributed by atoms with E-state index in [0.29, 0.717) is 0 Å². The number of rotatable bonds is 2. The molecule has 1 aliphatic carbocycles. The average Bonchev–Trinajstić information content (AvgIpc) is 2.26. The van der Waals surface area contributed by atoms with Crippen LogP contribution < -0.4 is 16.4 Å². The third kappa shape index (κ3) is 4.38. The predicted molar refractivity (Wildman–Crippen MR) is 75.7 cm³/mol. The molecule has 1 atom stereocenters.